The summed E-state index contributed by atoms with van der Waals surface area (Å²) in [6.45, 7) is 4.87. The van der Waals surface area contributed by atoms with E-state index in [9.17, 15) is 14.0 Å². The molecule has 0 radical (unpaired) electrons. The molecule has 0 spiro atoms. The Morgan fingerprint density at radius 1 is 1.15 bits per heavy atom. The maximum atomic E-state index is 14.0. The van der Waals surface area contributed by atoms with Gasteiger partial charge in [-0.15, -0.1) is 0 Å². The minimum atomic E-state index is -0.699. The molecule has 3 aromatic rings. The smallest absolute Gasteiger partial charge is 0.409 e. The number of nitrogen functional groups attached to an aromatic ring is 1. The van der Waals surface area contributed by atoms with Crippen LogP contribution in [-0.4, -0.2) is 47.6 Å². The van der Waals surface area contributed by atoms with Crippen LogP contribution in [0.15, 0.2) is 48.7 Å². The predicted molar refractivity (Wildman–Crippen MR) is 149 cm³/mol. The van der Waals surface area contributed by atoms with Crippen LogP contribution in [0, 0.1) is 5.82 Å². The predicted octanol–water partition coefficient (Wildman–Crippen LogP) is 6.27. The second-order valence-electron chi connectivity index (χ2n) is 9.14. The van der Waals surface area contributed by atoms with Crippen molar-refractivity contribution in [2.75, 3.05) is 25.4 Å². The van der Waals surface area contributed by atoms with Crippen LogP contribution in [0.3, 0.4) is 0 Å². The van der Waals surface area contributed by atoms with Gasteiger partial charge in [-0.05, 0) is 62.6 Å². The number of nitrogens with zero attached hydrogens (tertiary/aromatic N) is 2. The van der Waals surface area contributed by atoms with Gasteiger partial charge in [-0.1, -0.05) is 35.3 Å². The summed E-state index contributed by atoms with van der Waals surface area (Å²) < 4.78 is 25.0. The molecule has 0 aliphatic carbocycles. The van der Waals surface area contributed by atoms with Crippen molar-refractivity contribution in [3.05, 3.63) is 75.7 Å². The third kappa shape index (κ3) is 6.72. The Bertz CT molecular complexity index is 1350. The van der Waals surface area contributed by atoms with E-state index in [4.69, 9.17) is 38.4 Å². The van der Waals surface area contributed by atoms with Crippen molar-refractivity contribution in [1.29, 1.82) is 0 Å². The highest BCUT2D eigenvalue weighted by atomic mass is 35.5. The van der Waals surface area contributed by atoms with Crippen molar-refractivity contribution in [3.8, 4) is 16.9 Å². The van der Waals surface area contributed by atoms with E-state index in [2.05, 4.69) is 10.3 Å². The first-order chi connectivity index (χ1) is 18.7. The van der Waals surface area contributed by atoms with E-state index >= 15 is 0 Å². The van der Waals surface area contributed by atoms with Gasteiger partial charge in [0.05, 0.1) is 11.6 Å². The van der Waals surface area contributed by atoms with Crippen molar-refractivity contribution in [3.63, 3.8) is 0 Å². The number of nitrogens with two attached hydrogens (primary N) is 1. The van der Waals surface area contributed by atoms with Gasteiger partial charge in [0.1, 0.15) is 11.9 Å². The number of ether oxygens (including phenoxy) is 2. The van der Waals surface area contributed by atoms with E-state index in [-0.39, 0.29) is 39.7 Å². The van der Waals surface area contributed by atoms with Gasteiger partial charge in [-0.2, -0.15) is 0 Å². The van der Waals surface area contributed by atoms with Gasteiger partial charge >= 0.3 is 6.09 Å². The summed E-state index contributed by atoms with van der Waals surface area (Å²) in [7, 11) is 0. The average molecular weight is 575 g/mol. The zero-order valence-corrected chi connectivity index (χ0v) is 23.1. The lowest BCUT2D eigenvalue weighted by atomic mass is 10.0. The number of pyridine rings is 1. The van der Waals surface area contributed by atoms with Crippen molar-refractivity contribution in [2.24, 2.45) is 0 Å². The van der Waals surface area contributed by atoms with E-state index in [1.54, 1.807) is 55.3 Å². The largest absolute Gasteiger partial charge is 0.482 e. The summed E-state index contributed by atoms with van der Waals surface area (Å²) in [5.74, 6) is -0.350. The van der Waals surface area contributed by atoms with E-state index in [0.29, 0.717) is 49.2 Å². The number of likely N-dealkylation sites (tertiary alicyclic amines) is 1. The van der Waals surface area contributed by atoms with Crippen LogP contribution in [0.5, 0.6) is 5.75 Å². The van der Waals surface area contributed by atoms with Gasteiger partial charge in [0.15, 0.2) is 11.6 Å². The molecule has 1 atom stereocenters. The number of amides is 2. The Hall–Kier alpha value is -3.56. The lowest BCUT2D eigenvalue weighted by Crippen LogP contribution is -2.46. The molecule has 2 aromatic carbocycles. The second kappa shape index (κ2) is 12.5. The van der Waals surface area contributed by atoms with Crippen LogP contribution < -0.4 is 15.8 Å². The summed E-state index contributed by atoms with van der Waals surface area (Å²) in [6, 6.07) is 11.4. The third-order valence-corrected chi connectivity index (χ3v) is 7.22. The number of hydrogen-bond donors (Lipinski definition) is 2. The Morgan fingerprint density at radius 2 is 1.85 bits per heavy atom. The molecule has 1 saturated heterocycles. The molecule has 1 aromatic heterocycles. The first-order valence-electron chi connectivity index (χ1n) is 12.6. The number of carbonyl (C=O) groups excluding carboxylic acids is 2. The van der Waals surface area contributed by atoms with Crippen molar-refractivity contribution < 1.29 is 23.5 Å². The normalized spacial score (nSPS) is 14.5. The third-order valence-electron chi connectivity index (χ3n) is 6.51. The van der Waals surface area contributed by atoms with Gasteiger partial charge in [0, 0.05) is 47.0 Å². The summed E-state index contributed by atoms with van der Waals surface area (Å²) in [6.07, 6.45) is 1.90. The van der Waals surface area contributed by atoms with E-state index in [0.717, 1.165) is 5.56 Å². The van der Waals surface area contributed by atoms with Crippen LogP contribution >= 0.6 is 23.2 Å². The SMILES string of the molecule is CCOC(=O)N1CCC(NC(=O)c2ccc(-c3cnc(N)c(OC(C)c4c(Cl)ccc(F)c4Cl)c3)cc2)CC1. The van der Waals surface area contributed by atoms with E-state index in [1.807, 2.05) is 0 Å². The van der Waals surface area contributed by atoms with Crippen LogP contribution in [0.1, 0.15) is 48.7 Å². The first kappa shape index (κ1) is 28.4. The number of nitrogens with one attached hydrogen (secondary N) is 1. The zero-order valence-electron chi connectivity index (χ0n) is 21.5. The molecule has 3 N–H and O–H groups in total. The van der Waals surface area contributed by atoms with Gasteiger partial charge < -0.3 is 25.4 Å². The minimum absolute atomic E-state index is 0.0223. The first-order valence-corrected chi connectivity index (χ1v) is 13.3. The lowest BCUT2D eigenvalue weighted by Gasteiger charge is -2.31. The number of aromatic nitrogens is 1. The molecular formula is C28H29Cl2FN4O4. The molecule has 1 unspecified atom stereocenters. The van der Waals surface area contributed by atoms with Crippen molar-refractivity contribution in [1.82, 2.24) is 15.2 Å². The maximum Gasteiger partial charge on any atom is 0.409 e. The van der Waals surface area contributed by atoms with Gasteiger partial charge in [0.2, 0.25) is 0 Å². The van der Waals surface area contributed by atoms with Crippen LogP contribution in [0.4, 0.5) is 15.0 Å². The Labute approximate surface area is 236 Å². The van der Waals surface area contributed by atoms with E-state index < -0.39 is 11.9 Å². The molecule has 4 rings (SSSR count). The Kier molecular flexibility index (Phi) is 9.14. The number of carbonyl (C=O) groups is 2. The van der Waals surface area contributed by atoms with Crippen molar-refractivity contribution in [2.45, 2.75) is 38.8 Å². The van der Waals surface area contributed by atoms with Crippen LogP contribution in [0.25, 0.3) is 11.1 Å². The fourth-order valence-corrected chi connectivity index (χ4v) is 5.05. The molecular weight excluding hydrogens is 546 g/mol. The molecule has 2 amide bonds. The zero-order chi connectivity index (χ0) is 28.1. The number of anilines is 1. The molecule has 2 heterocycles. The van der Waals surface area contributed by atoms with Gasteiger partial charge in [-0.3, -0.25) is 4.79 Å². The number of halogens is 3. The quantitative estimate of drug-likeness (QED) is 0.322. The van der Waals surface area contributed by atoms with Crippen molar-refractivity contribution >= 4 is 41.0 Å². The summed E-state index contributed by atoms with van der Waals surface area (Å²) in [5, 5.41) is 3.20. The molecule has 39 heavy (non-hydrogen) atoms. The fourth-order valence-electron chi connectivity index (χ4n) is 4.38. The number of benzene rings is 2. The Morgan fingerprint density at radius 3 is 2.51 bits per heavy atom. The highest BCUT2D eigenvalue weighted by Crippen LogP contribution is 2.37. The van der Waals surface area contributed by atoms with Crippen LogP contribution in [0.2, 0.25) is 10.0 Å². The standard InChI is InChI=1S/C28H29Cl2FN4O4/c1-3-38-28(37)35-12-10-20(11-13-35)34-27(36)18-6-4-17(5-7-18)19-14-23(26(32)33-15-19)39-16(2)24-21(29)8-9-22(31)25(24)30/h4-9,14-16,20H,3,10-13H2,1-2H3,(H2,32,33)(H,34,36). The molecule has 1 aliphatic rings. The lowest BCUT2D eigenvalue weighted by molar-refractivity contribution is 0.0860. The molecule has 206 valence electrons. The second-order valence-corrected chi connectivity index (χ2v) is 9.92. The maximum absolute atomic E-state index is 14.0. The highest BCUT2D eigenvalue weighted by Gasteiger charge is 2.25. The summed E-state index contributed by atoms with van der Waals surface area (Å²) >= 11 is 12.3. The van der Waals surface area contributed by atoms with Crippen LogP contribution in [-0.2, 0) is 4.74 Å². The fraction of sp³-hybridized carbons (Fsp3) is 0.321. The molecule has 8 nitrogen and oxygen atoms in total. The highest BCUT2D eigenvalue weighted by molar-refractivity contribution is 6.36. The monoisotopic (exact) mass is 574 g/mol. The molecule has 0 saturated carbocycles. The van der Waals surface area contributed by atoms with Gasteiger partial charge in [0.25, 0.3) is 5.91 Å². The average Bonchev–Trinajstić information content (AvgIpc) is 2.93. The number of piperidine rings is 1. The molecule has 0 bridgehead atoms. The molecule has 11 heteroatoms. The summed E-state index contributed by atoms with van der Waals surface area (Å²) in [4.78, 5) is 30.5. The van der Waals surface area contributed by atoms with E-state index in [1.165, 1.54) is 12.1 Å². The molecule has 1 aliphatic heterocycles. The number of hydrogen-bond acceptors (Lipinski definition) is 6. The topological polar surface area (TPSA) is 107 Å². The minimum Gasteiger partial charge on any atom is -0.482 e. The Balaban J connectivity index is 1.41. The summed E-state index contributed by atoms with van der Waals surface area (Å²) in [5.41, 5.74) is 8.36. The van der Waals surface area contributed by atoms with Gasteiger partial charge in [-0.25, -0.2) is 14.2 Å². The number of rotatable bonds is 7. The molecule has 1 fully saturated rings.